The summed E-state index contributed by atoms with van der Waals surface area (Å²) in [5, 5.41) is 18.0. The monoisotopic (exact) mass is 263 g/mol. The quantitative estimate of drug-likeness (QED) is 0.593. The van der Waals surface area contributed by atoms with E-state index >= 15 is 0 Å². The first-order chi connectivity index (χ1) is 7.99. The number of aliphatic hydroxyl groups is 2. The lowest BCUT2D eigenvalue weighted by Gasteiger charge is -2.29. The number of hydrogen-bond donors (Lipinski definition) is 2. The fraction of sp³-hybridized carbons (Fsp3) is 1.00. The van der Waals surface area contributed by atoms with Crippen molar-refractivity contribution in [2.75, 3.05) is 44.9 Å². The van der Waals surface area contributed by atoms with Gasteiger partial charge in [-0.05, 0) is 24.2 Å². The van der Waals surface area contributed by atoms with E-state index in [4.69, 9.17) is 10.2 Å². The highest BCUT2D eigenvalue weighted by Crippen LogP contribution is 2.40. The third-order valence-corrected chi connectivity index (χ3v) is 5.77. The average molecular weight is 263 g/mol. The first-order valence-electron chi connectivity index (χ1n) is 6.66. The molecule has 0 heterocycles. The van der Waals surface area contributed by atoms with Gasteiger partial charge in [0.1, 0.15) is 0 Å². The van der Waals surface area contributed by atoms with E-state index < -0.39 is 0 Å². The Labute approximate surface area is 108 Å². The zero-order valence-corrected chi connectivity index (χ0v) is 12.8. The van der Waals surface area contributed by atoms with Gasteiger partial charge in [0.2, 0.25) is 0 Å². The van der Waals surface area contributed by atoms with Gasteiger partial charge in [0.25, 0.3) is 0 Å². The van der Waals surface area contributed by atoms with Crippen LogP contribution in [-0.4, -0.2) is 60.0 Å². The minimum atomic E-state index is 0.00168. The number of aliphatic hydroxyl groups excluding tert-OH is 2. The molecule has 0 aliphatic carbocycles. The summed E-state index contributed by atoms with van der Waals surface area (Å²) >= 11 is 0. The Balaban J connectivity index is 4.24. The van der Waals surface area contributed by atoms with Crippen molar-refractivity contribution in [1.29, 1.82) is 0 Å². The molecule has 2 N–H and O–H groups in total. The van der Waals surface area contributed by atoms with Gasteiger partial charge in [-0.15, -0.1) is 0 Å². The summed E-state index contributed by atoms with van der Waals surface area (Å²) in [5.41, 5.74) is 0. The largest absolute Gasteiger partial charge is 0.395 e. The van der Waals surface area contributed by atoms with E-state index in [1.807, 2.05) is 0 Å². The fourth-order valence-electron chi connectivity index (χ4n) is 2.04. The highest BCUT2D eigenvalue weighted by Gasteiger charge is 2.15. The second kappa shape index (κ2) is 10.3. The molecule has 0 radical (unpaired) electrons. The van der Waals surface area contributed by atoms with Crippen molar-refractivity contribution in [1.82, 2.24) is 4.90 Å². The first-order valence-corrected chi connectivity index (χ1v) is 8.55. The standard InChI is InChI=1S/C13H30NO2P/c1-12(2)9-17(10-13(3)4)11-14(5-7-15)6-8-16/h12-13,15-16H,5-11H2,1-4H3. The molecule has 0 aromatic rings. The number of nitrogens with zero attached hydrogens (tertiary/aromatic N) is 1. The van der Waals surface area contributed by atoms with Crippen LogP contribution < -0.4 is 0 Å². The molecule has 0 aromatic heterocycles. The van der Waals surface area contributed by atoms with Crippen LogP contribution in [0.2, 0.25) is 0 Å². The summed E-state index contributed by atoms with van der Waals surface area (Å²) in [4.78, 5) is 2.20. The molecule has 4 heteroatoms. The Morgan fingerprint density at radius 3 is 1.59 bits per heavy atom. The number of rotatable bonds is 10. The molecule has 0 spiro atoms. The Bertz CT molecular complexity index is 161. The van der Waals surface area contributed by atoms with Crippen molar-refractivity contribution < 1.29 is 10.2 Å². The van der Waals surface area contributed by atoms with E-state index in [0.29, 0.717) is 13.1 Å². The zero-order chi connectivity index (χ0) is 13.3. The van der Waals surface area contributed by atoms with Gasteiger partial charge in [-0.2, -0.15) is 0 Å². The van der Waals surface area contributed by atoms with E-state index in [-0.39, 0.29) is 21.1 Å². The normalized spacial score (nSPS) is 12.4. The van der Waals surface area contributed by atoms with E-state index in [9.17, 15) is 0 Å². The van der Waals surface area contributed by atoms with Gasteiger partial charge in [-0.25, -0.2) is 0 Å². The van der Waals surface area contributed by atoms with Crippen LogP contribution >= 0.6 is 7.92 Å². The van der Waals surface area contributed by atoms with Crippen LogP contribution in [0.15, 0.2) is 0 Å². The highest BCUT2D eigenvalue weighted by molar-refractivity contribution is 7.57. The Morgan fingerprint density at radius 1 is 0.882 bits per heavy atom. The second-order valence-electron chi connectivity index (χ2n) is 5.53. The van der Waals surface area contributed by atoms with E-state index in [0.717, 1.165) is 18.1 Å². The topological polar surface area (TPSA) is 43.7 Å². The van der Waals surface area contributed by atoms with Crippen LogP contribution in [0, 0.1) is 11.8 Å². The van der Waals surface area contributed by atoms with Crippen LogP contribution in [0.1, 0.15) is 27.7 Å². The van der Waals surface area contributed by atoms with E-state index in [1.165, 1.54) is 12.3 Å². The van der Waals surface area contributed by atoms with E-state index in [1.54, 1.807) is 0 Å². The third kappa shape index (κ3) is 9.96. The number of hydrogen-bond acceptors (Lipinski definition) is 3. The highest BCUT2D eigenvalue weighted by atomic mass is 31.1. The molecule has 0 fully saturated rings. The molecular weight excluding hydrogens is 233 g/mol. The van der Waals surface area contributed by atoms with Gasteiger partial charge in [-0.3, -0.25) is 4.90 Å². The van der Waals surface area contributed by atoms with Crippen LogP contribution in [-0.2, 0) is 0 Å². The van der Waals surface area contributed by atoms with Crippen molar-refractivity contribution in [3.05, 3.63) is 0 Å². The Morgan fingerprint density at radius 2 is 1.29 bits per heavy atom. The molecule has 0 aliphatic rings. The first kappa shape index (κ1) is 17.3. The van der Waals surface area contributed by atoms with Gasteiger partial charge in [0, 0.05) is 19.4 Å². The maximum Gasteiger partial charge on any atom is 0.0558 e. The molecule has 0 rings (SSSR count). The van der Waals surface area contributed by atoms with Crippen molar-refractivity contribution in [3.8, 4) is 0 Å². The lowest BCUT2D eigenvalue weighted by atomic mass is 10.3. The maximum atomic E-state index is 9.02. The van der Waals surface area contributed by atoms with Crippen molar-refractivity contribution >= 4 is 7.92 Å². The van der Waals surface area contributed by atoms with Crippen molar-refractivity contribution in [2.24, 2.45) is 11.8 Å². The summed E-state index contributed by atoms with van der Waals surface area (Å²) in [6.45, 7) is 10.9. The van der Waals surface area contributed by atoms with Gasteiger partial charge in [0.15, 0.2) is 0 Å². The molecule has 0 saturated heterocycles. The molecule has 0 aliphatic heterocycles. The summed E-state index contributed by atoms with van der Waals surface area (Å²) in [6, 6.07) is 0. The molecular formula is C13H30NO2P. The molecule has 0 atom stereocenters. The molecule has 0 bridgehead atoms. The second-order valence-corrected chi connectivity index (χ2v) is 7.89. The van der Waals surface area contributed by atoms with Gasteiger partial charge in [-0.1, -0.05) is 35.6 Å². The van der Waals surface area contributed by atoms with Crippen LogP contribution in [0.3, 0.4) is 0 Å². The summed E-state index contributed by atoms with van der Waals surface area (Å²) < 4.78 is 0. The predicted octanol–water partition coefficient (Wildman–Crippen LogP) is 2.02. The fourth-order valence-corrected chi connectivity index (χ4v) is 5.34. The minimum Gasteiger partial charge on any atom is -0.395 e. The predicted molar refractivity (Wildman–Crippen MR) is 76.9 cm³/mol. The van der Waals surface area contributed by atoms with E-state index in [2.05, 4.69) is 32.6 Å². The summed E-state index contributed by atoms with van der Waals surface area (Å²) in [6.07, 6.45) is 3.65. The minimum absolute atomic E-state index is 0.00168. The SMILES string of the molecule is CC(C)CP(CC(C)C)CN(CCO)CCO. The van der Waals surface area contributed by atoms with Crippen molar-refractivity contribution in [3.63, 3.8) is 0 Å². The van der Waals surface area contributed by atoms with Crippen molar-refractivity contribution in [2.45, 2.75) is 27.7 Å². The average Bonchev–Trinajstić information content (AvgIpc) is 2.15. The Hall–Kier alpha value is 0.310. The lowest BCUT2D eigenvalue weighted by molar-refractivity contribution is 0.178. The molecule has 3 nitrogen and oxygen atoms in total. The van der Waals surface area contributed by atoms with Gasteiger partial charge in [0.05, 0.1) is 13.2 Å². The molecule has 104 valence electrons. The smallest absolute Gasteiger partial charge is 0.0558 e. The van der Waals surface area contributed by atoms with Crippen LogP contribution in [0.25, 0.3) is 0 Å². The van der Waals surface area contributed by atoms with Gasteiger partial charge < -0.3 is 10.2 Å². The molecule has 0 amide bonds. The zero-order valence-electron chi connectivity index (χ0n) is 11.9. The molecule has 0 saturated carbocycles. The summed E-state index contributed by atoms with van der Waals surface area (Å²) in [7, 11) is 0.00168. The molecule has 0 aromatic carbocycles. The molecule has 0 unspecified atom stereocenters. The Kier molecular flexibility index (Phi) is 10.4. The van der Waals surface area contributed by atoms with Crippen LogP contribution in [0.4, 0.5) is 0 Å². The van der Waals surface area contributed by atoms with Gasteiger partial charge >= 0.3 is 0 Å². The maximum absolute atomic E-state index is 9.02. The summed E-state index contributed by atoms with van der Waals surface area (Å²) in [5.74, 6) is 1.48. The third-order valence-electron chi connectivity index (χ3n) is 2.48. The lowest BCUT2D eigenvalue weighted by Crippen LogP contribution is -2.31. The van der Waals surface area contributed by atoms with Crippen LogP contribution in [0.5, 0.6) is 0 Å². The molecule has 17 heavy (non-hydrogen) atoms.